The number of aliphatic hydroxyl groups excluding tert-OH is 1. The molecule has 0 bridgehead atoms. The quantitative estimate of drug-likeness (QED) is 0.305. The van der Waals surface area contributed by atoms with Crippen molar-refractivity contribution in [2.24, 2.45) is 0 Å². The average Bonchev–Trinajstić information content (AvgIpc) is 3.23. The highest BCUT2D eigenvalue weighted by Crippen LogP contribution is 2.44. The van der Waals surface area contributed by atoms with Crippen LogP contribution in [0.1, 0.15) is 27.7 Å². The number of carbonyl (C=O) groups excluding carboxylic acids is 2. The fourth-order valence-electron chi connectivity index (χ4n) is 3.45. The van der Waals surface area contributed by atoms with E-state index >= 15 is 0 Å². The van der Waals surface area contributed by atoms with Gasteiger partial charge in [0.2, 0.25) is 0 Å². The molecule has 158 valence electrons. The molecule has 0 saturated carbocycles. The van der Waals surface area contributed by atoms with E-state index in [0.717, 1.165) is 15.0 Å². The number of methoxy groups -OCH3 is 1. The number of carbonyl (C=O) groups is 2. The Labute approximate surface area is 191 Å². The topological polar surface area (TPSA) is 79.7 Å². The van der Waals surface area contributed by atoms with E-state index in [9.17, 15) is 14.7 Å². The van der Waals surface area contributed by atoms with Crippen LogP contribution in [0.25, 0.3) is 5.76 Å². The van der Waals surface area contributed by atoms with Gasteiger partial charge in [0.1, 0.15) is 11.5 Å². The van der Waals surface area contributed by atoms with Gasteiger partial charge in [0.25, 0.3) is 5.78 Å². The molecule has 1 fully saturated rings. The Kier molecular flexibility index (Phi) is 5.68. The molecule has 2 aromatic carbocycles. The molecule has 3 aromatic rings. The Bertz CT molecular complexity index is 1180. The van der Waals surface area contributed by atoms with Gasteiger partial charge in [-0.05, 0) is 55.8 Å². The van der Waals surface area contributed by atoms with Gasteiger partial charge in [-0.3, -0.25) is 14.5 Å². The zero-order valence-corrected chi connectivity index (χ0v) is 19.5. The molecule has 4 rings (SSSR count). The first-order chi connectivity index (χ1) is 14.8. The number of aliphatic hydroxyl groups is 1. The number of anilines is 1. The highest BCUT2D eigenvalue weighted by atomic mass is 79.9. The molecule has 1 aromatic heterocycles. The molecule has 6 nitrogen and oxygen atoms in total. The molecule has 1 N–H and O–H groups in total. The maximum Gasteiger partial charge on any atom is 0.301 e. The number of ketones is 1. The van der Waals surface area contributed by atoms with Crippen molar-refractivity contribution in [1.82, 2.24) is 4.98 Å². The number of Topliss-reactive ketones (excluding diaryl/α,β-unsaturated/α-hetero) is 1. The molecule has 0 aliphatic carbocycles. The van der Waals surface area contributed by atoms with Crippen LogP contribution in [0.4, 0.5) is 5.13 Å². The zero-order chi connectivity index (χ0) is 22.3. The lowest BCUT2D eigenvalue weighted by molar-refractivity contribution is -0.132. The smallest absolute Gasteiger partial charge is 0.301 e. The normalized spacial score (nSPS) is 17.9. The van der Waals surface area contributed by atoms with Crippen LogP contribution in [0.3, 0.4) is 0 Å². The first-order valence-electron chi connectivity index (χ1n) is 9.46. The van der Waals surface area contributed by atoms with Crippen molar-refractivity contribution in [1.29, 1.82) is 0 Å². The molecule has 1 saturated heterocycles. The lowest BCUT2D eigenvalue weighted by atomic mass is 9.95. The van der Waals surface area contributed by atoms with Crippen molar-refractivity contribution in [3.63, 3.8) is 0 Å². The molecule has 0 radical (unpaired) electrons. The number of hydrogen-bond acceptors (Lipinski definition) is 6. The van der Waals surface area contributed by atoms with E-state index < -0.39 is 17.7 Å². The van der Waals surface area contributed by atoms with Gasteiger partial charge < -0.3 is 9.84 Å². The molecule has 2 heterocycles. The number of aromatic nitrogens is 1. The highest BCUT2D eigenvalue weighted by Gasteiger charge is 2.48. The Morgan fingerprint density at radius 1 is 1.10 bits per heavy atom. The average molecular weight is 499 g/mol. The van der Waals surface area contributed by atoms with Crippen LogP contribution >= 0.6 is 27.3 Å². The molecular weight excluding hydrogens is 480 g/mol. The molecule has 0 spiro atoms. The number of aryl methyl sites for hydroxylation is 2. The SMILES string of the molecule is COc1ccc(C(O)=C2C(=O)C(=O)N(c3nc(C)c(C)s3)[C@@H]2c2ccc(Br)cc2)cc1. The van der Waals surface area contributed by atoms with E-state index in [1.165, 1.54) is 16.2 Å². The fraction of sp³-hybridized carbons (Fsp3) is 0.174. The van der Waals surface area contributed by atoms with Gasteiger partial charge in [-0.25, -0.2) is 4.98 Å². The monoisotopic (exact) mass is 498 g/mol. The summed E-state index contributed by atoms with van der Waals surface area (Å²) in [5, 5.41) is 11.5. The summed E-state index contributed by atoms with van der Waals surface area (Å²) in [5.41, 5.74) is 1.95. The van der Waals surface area contributed by atoms with Gasteiger partial charge in [-0.15, -0.1) is 11.3 Å². The second-order valence-electron chi connectivity index (χ2n) is 7.09. The van der Waals surface area contributed by atoms with Crippen LogP contribution in [-0.2, 0) is 9.59 Å². The first kappa shape index (κ1) is 21.3. The maximum atomic E-state index is 13.1. The lowest BCUT2D eigenvalue weighted by Gasteiger charge is -2.23. The van der Waals surface area contributed by atoms with Gasteiger partial charge in [0, 0.05) is 14.9 Å². The van der Waals surface area contributed by atoms with Crippen molar-refractivity contribution in [2.75, 3.05) is 12.0 Å². The molecule has 1 atom stereocenters. The number of ether oxygens (including phenoxy) is 1. The van der Waals surface area contributed by atoms with E-state index in [4.69, 9.17) is 4.74 Å². The van der Waals surface area contributed by atoms with Crippen LogP contribution < -0.4 is 9.64 Å². The summed E-state index contributed by atoms with van der Waals surface area (Å²) in [6.45, 7) is 3.77. The highest BCUT2D eigenvalue weighted by molar-refractivity contribution is 9.10. The molecular formula is C23H19BrN2O4S. The van der Waals surface area contributed by atoms with Crippen LogP contribution in [0, 0.1) is 13.8 Å². The van der Waals surface area contributed by atoms with E-state index in [1.54, 1.807) is 31.4 Å². The minimum atomic E-state index is -0.792. The van der Waals surface area contributed by atoms with Crippen LogP contribution in [0.2, 0.25) is 0 Å². The number of thiazole rings is 1. The van der Waals surface area contributed by atoms with Gasteiger partial charge >= 0.3 is 5.91 Å². The van der Waals surface area contributed by atoms with Crippen molar-refractivity contribution in [3.8, 4) is 5.75 Å². The minimum absolute atomic E-state index is 0.0306. The molecule has 1 aliphatic rings. The summed E-state index contributed by atoms with van der Waals surface area (Å²) < 4.78 is 6.03. The molecule has 1 aliphatic heterocycles. The van der Waals surface area contributed by atoms with Gasteiger partial charge in [0.15, 0.2) is 5.13 Å². The Morgan fingerprint density at radius 2 is 1.74 bits per heavy atom. The number of halogens is 1. The van der Waals surface area contributed by atoms with Crippen molar-refractivity contribution in [2.45, 2.75) is 19.9 Å². The number of nitrogens with zero attached hydrogens (tertiary/aromatic N) is 2. The van der Waals surface area contributed by atoms with Crippen LogP contribution in [0.15, 0.2) is 58.6 Å². The van der Waals surface area contributed by atoms with Gasteiger partial charge in [-0.1, -0.05) is 28.1 Å². The van der Waals surface area contributed by atoms with E-state index in [-0.39, 0.29) is 11.3 Å². The van der Waals surface area contributed by atoms with Gasteiger partial charge in [0.05, 0.1) is 24.4 Å². The van der Waals surface area contributed by atoms with E-state index in [1.807, 2.05) is 38.1 Å². The predicted molar refractivity (Wildman–Crippen MR) is 124 cm³/mol. The number of amides is 1. The van der Waals surface area contributed by atoms with Crippen molar-refractivity contribution < 1.29 is 19.4 Å². The van der Waals surface area contributed by atoms with Crippen molar-refractivity contribution >= 4 is 49.8 Å². The Morgan fingerprint density at radius 3 is 2.29 bits per heavy atom. The summed E-state index contributed by atoms with van der Waals surface area (Å²) in [6.07, 6.45) is 0. The minimum Gasteiger partial charge on any atom is -0.507 e. The molecule has 1 amide bonds. The Balaban J connectivity index is 1.92. The summed E-state index contributed by atoms with van der Waals surface area (Å²) in [5.74, 6) is -1.07. The maximum absolute atomic E-state index is 13.1. The molecule has 31 heavy (non-hydrogen) atoms. The second-order valence-corrected chi connectivity index (χ2v) is 9.18. The predicted octanol–water partition coefficient (Wildman–Crippen LogP) is 5.16. The third kappa shape index (κ3) is 3.77. The molecule has 8 heteroatoms. The standard InChI is InChI=1S/C23H19BrN2O4S/c1-12-13(2)31-23(25-12)26-19(14-4-8-16(24)9-5-14)18(21(28)22(26)29)20(27)15-6-10-17(30-3)11-7-15/h4-11,19,27H,1-3H3/t19-/m1/s1. The summed E-state index contributed by atoms with van der Waals surface area (Å²) in [7, 11) is 1.55. The fourth-order valence-corrected chi connectivity index (χ4v) is 4.65. The van der Waals surface area contributed by atoms with Crippen LogP contribution in [0.5, 0.6) is 5.75 Å². The molecule has 0 unspecified atom stereocenters. The van der Waals surface area contributed by atoms with Crippen molar-refractivity contribution in [3.05, 3.63) is 80.3 Å². The van der Waals surface area contributed by atoms with Gasteiger partial charge in [-0.2, -0.15) is 0 Å². The largest absolute Gasteiger partial charge is 0.507 e. The first-order valence-corrected chi connectivity index (χ1v) is 11.1. The third-order valence-electron chi connectivity index (χ3n) is 5.22. The number of benzene rings is 2. The van der Waals surface area contributed by atoms with E-state index in [2.05, 4.69) is 20.9 Å². The second kappa shape index (κ2) is 8.28. The summed E-state index contributed by atoms with van der Waals surface area (Å²) >= 11 is 4.76. The van der Waals surface area contributed by atoms with E-state index in [0.29, 0.717) is 22.0 Å². The lowest BCUT2D eigenvalue weighted by Crippen LogP contribution is -2.29. The summed E-state index contributed by atoms with van der Waals surface area (Å²) in [6, 6.07) is 13.2. The number of hydrogen-bond donors (Lipinski definition) is 1. The zero-order valence-electron chi connectivity index (χ0n) is 17.0. The number of rotatable bonds is 4. The Hall–Kier alpha value is -2.97. The third-order valence-corrected chi connectivity index (χ3v) is 6.82. The van der Waals surface area contributed by atoms with Crippen LogP contribution in [-0.4, -0.2) is 28.9 Å². The summed E-state index contributed by atoms with van der Waals surface area (Å²) in [4.78, 5) is 33.0.